The van der Waals surface area contributed by atoms with E-state index in [9.17, 15) is 24.8 Å². The lowest BCUT2D eigenvalue weighted by molar-refractivity contribution is -0.394. The molecule has 0 spiro atoms. The Morgan fingerprint density at radius 3 is 2.62 bits per heavy atom. The number of phosphoric acid groups is 1. The SMILES string of the molecule is O=[N+]([O-])c1ccc(O[P@]2(=O)OC[C@H]3CCCC[C@@H]3O2)c([N+](=O)[O-])c1. The Bertz CT molecular complexity index is 724. The van der Waals surface area contributed by atoms with Gasteiger partial charge in [-0.1, -0.05) is 12.8 Å². The number of nitro benzene ring substituents is 2. The Kier molecular flexibility index (Phi) is 4.53. The van der Waals surface area contributed by atoms with Crippen LogP contribution in [0.15, 0.2) is 18.2 Å². The molecule has 1 heterocycles. The first-order valence-corrected chi connectivity index (χ1v) is 8.89. The number of fused-ring (bicyclic) bond motifs is 1. The molecule has 3 rings (SSSR count). The van der Waals surface area contributed by atoms with Crippen molar-refractivity contribution < 1.29 is 28.0 Å². The summed E-state index contributed by atoms with van der Waals surface area (Å²) < 4.78 is 28.4. The van der Waals surface area contributed by atoms with Gasteiger partial charge >= 0.3 is 13.5 Å². The first-order valence-electron chi connectivity index (χ1n) is 7.43. The van der Waals surface area contributed by atoms with Crippen molar-refractivity contribution in [1.82, 2.24) is 0 Å². The van der Waals surface area contributed by atoms with Gasteiger partial charge < -0.3 is 4.52 Å². The summed E-state index contributed by atoms with van der Waals surface area (Å²) in [6.45, 7) is 0.197. The molecule has 1 aliphatic heterocycles. The fourth-order valence-electron chi connectivity index (χ4n) is 2.89. The normalized spacial score (nSPS) is 29.5. The van der Waals surface area contributed by atoms with Gasteiger partial charge in [0.05, 0.1) is 28.6 Å². The molecule has 1 saturated carbocycles. The van der Waals surface area contributed by atoms with Gasteiger partial charge in [-0.15, -0.1) is 0 Å². The summed E-state index contributed by atoms with van der Waals surface area (Å²) in [6, 6.07) is 2.80. The predicted molar refractivity (Wildman–Crippen MR) is 80.8 cm³/mol. The lowest BCUT2D eigenvalue weighted by Gasteiger charge is -2.37. The Morgan fingerprint density at radius 1 is 1.17 bits per heavy atom. The number of rotatable bonds is 4. The van der Waals surface area contributed by atoms with Gasteiger partial charge in [0, 0.05) is 12.0 Å². The standard InChI is InChI=1S/C13H15N2O8P/c16-14(17)10-5-6-13(11(7-10)15(18)19)23-24(20)21-8-9-3-1-2-4-12(9)22-24/h5-7,9,12H,1-4,8H2/t9-,12+,24-/m1/s1. The van der Waals surface area contributed by atoms with Crippen LogP contribution in [0.1, 0.15) is 25.7 Å². The third-order valence-corrected chi connectivity index (χ3v) is 5.53. The Labute approximate surface area is 136 Å². The average molecular weight is 358 g/mol. The number of phosphoric ester groups is 1. The third-order valence-electron chi connectivity index (χ3n) is 4.11. The topological polar surface area (TPSA) is 131 Å². The van der Waals surface area contributed by atoms with Gasteiger partial charge in [0.25, 0.3) is 5.69 Å². The zero-order valence-electron chi connectivity index (χ0n) is 12.5. The first-order chi connectivity index (χ1) is 11.4. The maximum atomic E-state index is 12.6. The molecule has 0 radical (unpaired) electrons. The molecule has 2 fully saturated rings. The average Bonchev–Trinajstić information content (AvgIpc) is 2.54. The minimum absolute atomic E-state index is 0.135. The van der Waals surface area contributed by atoms with E-state index in [-0.39, 0.29) is 24.4 Å². The summed E-state index contributed by atoms with van der Waals surface area (Å²) in [4.78, 5) is 20.2. The van der Waals surface area contributed by atoms with Crippen molar-refractivity contribution in [2.24, 2.45) is 5.92 Å². The summed E-state index contributed by atoms with van der Waals surface area (Å²) in [5.74, 6) is -0.250. The second kappa shape index (κ2) is 6.46. The summed E-state index contributed by atoms with van der Waals surface area (Å²) in [5, 5.41) is 21.8. The van der Waals surface area contributed by atoms with Gasteiger partial charge in [-0.3, -0.25) is 29.3 Å². The van der Waals surface area contributed by atoms with E-state index < -0.39 is 29.0 Å². The zero-order chi connectivity index (χ0) is 17.3. The summed E-state index contributed by atoms with van der Waals surface area (Å²) in [7, 11) is -4.00. The van der Waals surface area contributed by atoms with Crippen LogP contribution in [0.5, 0.6) is 5.75 Å². The minimum Gasteiger partial charge on any atom is -0.397 e. The fourth-order valence-corrected chi connectivity index (χ4v) is 4.43. The van der Waals surface area contributed by atoms with E-state index in [1.54, 1.807) is 0 Å². The van der Waals surface area contributed by atoms with Crippen molar-refractivity contribution in [2.75, 3.05) is 6.61 Å². The quantitative estimate of drug-likeness (QED) is 0.453. The van der Waals surface area contributed by atoms with E-state index in [4.69, 9.17) is 13.6 Å². The number of non-ortho nitro benzene ring substituents is 1. The lowest BCUT2D eigenvalue weighted by Crippen LogP contribution is -2.35. The van der Waals surface area contributed by atoms with Crippen molar-refractivity contribution in [3.8, 4) is 5.75 Å². The van der Waals surface area contributed by atoms with Gasteiger partial charge in [0.2, 0.25) is 5.75 Å². The van der Waals surface area contributed by atoms with E-state index in [1.165, 1.54) is 0 Å². The van der Waals surface area contributed by atoms with Crippen LogP contribution in [0.3, 0.4) is 0 Å². The van der Waals surface area contributed by atoms with Crippen LogP contribution in [-0.2, 0) is 13.6 Å². The van der Waals surface area contributed by atoms with Gasteiger partial charge in [-0.25, -0.2) is 4.57 Å². The molecule has 0 amide bonds. The van der Waals surface area contributed by atoms with Crippen molar-refractivity contribution in [3.63, 3.8) is 0 Å². The molecular formula is C13H15N2O8P. The van der Waals surface area contributed by atoms with E-state index in [2.05, 4.69) is 0 Å². The molecule has 0 N–H and O–H groups in total. The van der Waals surface area contributed by atoms with Gasteiger partial charge in [0.15, 0.2) is 0 Å². The summed E-state index contributed by atoms with van der Waals surface area (Å²) in [6.07, 6.45) is 3.35. The van der Waals surface area contributed by atoms with E-state index in [1.807, 2.05) is 0 Å². The third kappa shape index (κ3) is 3.40. The van der Waals surface area contributed by atoms with Crippen molar-refractivity contribution in [2.45, 2.75) is 31.8 Å². The molecule has 10 nitrogen and oxygen atoms in total. The fraction of sp³-hybridized carbons (Fsp3) is 0.538. The molecule has 1 aromatic carbocycles. The van der Waals surface area contributed by atoms with Crippen molar-refractivity contribution in [3.05, 3.63) is 38.4 Å². The van der Waals surface area contributed by atoms with Crippen LogP contribution in [-0.4, -0.2) is 22.6 Å². The van der Waals surface area contributed by atoms with Gasteiger partial charge in [-0.05, 0) is 18.9 Å². The van der Waals surface area contributed by atoms with Crippen molar-refractivity contribution >= 4 is 19.2 Å². The number of hydrogen-bond donors (Lipinski definition) is 0. The molecule has 0 aromatic heterocycles. The molecule has 11 heteroatoms. The number of nitrogens with zero attached hydrogens (tertiary/aromatic N) is 2. The highest BCUT2D eigenvalue weighted by Crippen LogP contribution is 2.57. The molecule has 1 aromatic rings. The Balaban J connectivity index is 1.83. The van der Waals surface area contributed by atoms with Crippen LogP contribution in [0.2, 0.25) is 0 Å². The molecule has 0 bridgehead atoms. The van der Waals surface area contributed by atoms with E-state index in [0.29, 0.717) is 0 Å². The maximum Gasteiger partial charge on any atom is 0.530 e. The highest BCUT2D eigenvalue weighted by atomic mass is 31.2. The second-order valence-electron chi connectivity index (χ2n) is 5.69. The van der Waals surface area contributed by atoms with Crippen LogP contribution in [0.4, 0.5) is 11.4 Å². The monoisotopic (exact) mass is 358 g/mol. The number of benzene rings is 1. The zero-order valence-corrected chi connectivity index (χ0v) is 13.4. The minimum atomic E-state index is -4.00. The largest absolute Gasteiger partial charge is 0.530 e. The predicted octanol–water partition coefficient (Wildman–Crippen LogP) is 3.60. The van der Waals surface area contributed by atoms with Crippen LogP contribution < -0.4 is 4.52 Å². The molecular weight excluding hydrogens is 343 g/mol. The highest BCUT2D eigenvalue weighted by Gasteiger charge is 2.44. The Morgan fingerprint density at radius 2 is 1.92 bits per heavy atom. The summed E-state index contributed by atoms with van der Waals surface area (Å²) >= 11 is 0. The maximum absolute atomic E-state index is 12.6. The smallest absolute Gasteiger partial charge is 0.397 e. The molecule has 3 atom stereocenters. The molecule has 1 aliphatic carbocycles. The van der Waals surface area contributed by atoms with Gasteiger partial charge in [0.1, 0.15) is 0 Å². The lowest BCUT2D eigenvalue weighted by atomic mass is 9.87. The number of hydrogen-bond acceptors (Lipinski definition) is 8. The molecule has 0 unspecified atom stereocenters. The number of nitro groups is 2. The van der Waals surface area contributed by atoms with Gasteiger partial charge in [-0.2, -0.15) is 0 Å². The van der Waals surface area contributed by atoms with E-state index >= 15 is 0 Å². The first kappa shape index (κ1) is 16.8. The molecule has 24 heavy (non-hydrogen) atoms. The highest BCUT2D eigenvalue weighted by molar-refractivity contribution is 7.49. The van der Waals surface area contributed by atoms with Crippen molar-refractivity contribution in [1.29, 1.82) is 0 Å². The van der Waals surface area contributed by atoms with Crippen LogP contribution >= 0.6 is 7.82 Å². The Hall–Kier alpha value is -2.03. The van der Waals surface area contributed by atoms with Crippen LogP contribution in [0, 0.1) is 26.1 Å². The van der Waals surface area contributed by atoms with E-state index in [0.717, 1.165) is 43.9 Å². The van der Waals surface area contributed by atoms with Crippen LogP contribution in [0.25, 0.3) is 0 Å². The second-order valence-corrected chi connectivity index (χ2v) is 7.23. The molecule has 1 saturated heterocycles. The molecule has 2 aliphatic rings. The summed E-state index contributed by atoms with van der Waals surface area (Å²) in [5.41, 5.74) is -1.14. The molecule has 130 valence electrons.